The lowest BCUT2D eigenvalue weighted by molar-refractivity contribution is -0.127. The highest BCUT2D eigenvalue weighted by molar-refractivity contribution is 7.10. The zero-order chi connectivity index (χ0) is 24.3. The van der Waals surface area contributed by atoms with Crippen LogP contribution in [0.4, 0.5) is 5.69 Å². The molecule has 8 nitrogen and oxygen atoms in total. The van der Waals surface area contributed by atoms with Crippen molar-refractivity contribution >= 4 is 57.9 Å². The summed E-state index contributed by atoms with van der Waals surface area (Å²) in [7, 11) is 0. The minimum absolute atomic E-state index is 0.0287. The molecule has 174 valence electrons. The van der Waals surface area contributed by atoms with Crippen molar-refractivity contribution in [1.29, 1.82) is 0 Å². The summed E-state index contributed by atoms with van der Waals surface area (Å²) < 4.78 is 3.94. The van der Waals surface area contributed by atoms with Gasteiger partial charge in [-0.1, -0.05) is 35.9 Å². The van der Waals surface area contributed by atoms with E-state index in [4.69, 9.17) is 23.1 Å². The van der Waals surface area contributed by atoms with Crippen molar-refractivity contribution in [2.75, 3.05) is 5.73 Å². The second-order valence-electron chi connectivity index (χ2n) is 8.32. The Labute approximate surface area is 204 Å². The third-order valence-electron chi connectivity index (χ3n) is 4.59. The van der Waals surface area contributed by atoms with Gasteiger partial charge in [0.2, 0.25) is 5.91 Å². The van der Waals surface area contributed by atoms with E-state index < -0.39 is 23.4 Å². The first-order valence-corrected chi connectivity index (χ1v) is 12.0. The fourth-order valence-corrected chi connectivity index (χ4v) is 4.95. The Kier molecular flexibility index (Phi) is 7.41. The largest absolute Gasteiger partial charge is 0.395 e. The number of nitrogen functional groups attached to an aromatic ring is 1. The lowest BCUT2D eigenvalue weighted by Gasteiger charge is -2.33. The molecule has 0 bridgehead atoms. The number of hydrogen-bond donors (Lipinski definition) is 3. The number of carbonyl (C=O) groups is 3. The number of primary amides is 1. The molecule has 0 aliphatic carbocycles. The van der Waals surface area contributed by atoms with Crippen LogP contribution in [0.25, 0.3) is 0 Å². The van der Waals surface area contributed by atoms with Crippen LogP contribution in [0.5, 0.6) is 0 Å². The van der Waals surface area contributed by atoms with Gasteiger partial charge in [0, 0.05) is 22.0 Å². The number of thiophene rings is 1. The van der Waals surface area contributed by atoms with Gasteiger partial charge in [0.05, 0.1) is 5.69 Å². The number of hydrogen-bond acceptors (Lipinski definition) is 7. The maximum Gasteiger partial charge on any atom is 0.270 e. The number of benzene rings is 1. The second-order valence-corrected chi connectivity index (χ2v) is 10.5. The Morgan fingerprint density at radius 2 is 1.88 bits per heavy atom. The molecule has 2 heterocycles. The number of rotatable bonds is 7. The number of nitrogens with zero attached hydrogens (tertiary/aromatic N) is 2. The molecular formula is C22H24ClN5O3S2. The minimum Gasteiger partial charge on any atom is -0.395 e. The normalized spacial score (nSPS) is 12.2. The van der Waals surface area contributed by atoms with E-state index in [1.165, 1.54) is 16.2 Å². The average molecular weight is 506 g/mol. The van der Waals surface area contributed by atoms with Crippen LogP contribution in [0.2, 0.25) is 5.02 Å². The fraction of sp³-hybridized carbons (Fsp3) is 0.273. The van der Waals surface area contributed by atoms with Crippen LogP contribution in [-0.2, 0) is 11.3 Å². The lowest BCUT2D eigenvalue weighted by Crippen LogP contribution is -2.48. The molecule has 0 radical (unpaired) electrons. The zero-order valence-electron chi connectivity index (χ0n) is 18.3. The molecule has 3 rings (SSSR count). The van der Waals surface area contributed by atoms with E-state index in [2.05, 4.69) is 9.69 Å². The Balaban J connectivity index is 2.13. The van der Waals surface area contributed by atoms with Gasteiger partial charge in [-0.05, 0) is 55.4 Å². The molecular weight excluding hydrogens is 482 g/mol. The lowest BCUT2D eigenvalue weighted by atomic mass is 10.1. The van der Waals surface area contributed by atoms with Gasteiger partial charge in [0.1, 0.15) is 10.9 Å². The number of aromatic nitrogens is 1. The quantitative estimate of drug-likeness (QED) is 0.449. The molecule has 3 amide bonds. The van der Waals surface area contributed by atoms with Gasteiger partial charge >= 0.3 is 0 Å². The molecule has 3 aromatic rings. The highest BCUT2D eigenvalue weighted by atomic mass is 35.5. The highest BCUT2D eigenvalue weighted by Crippen LogP contribution is 2.33. The Hall–Kier alpha value is -2.95. The monoisotopic (exact) mass is 505 g/mol. The first-order chi connectivity index (χ1) is 15.5. The molecule has 0 aliphatic rings. The summed E-state index contributed by atoms with van der Waals surface area (Å²) in [5.74, 6) is -1.75. The first-order valence-electron chi connectivity index (χ1n) is 9.94. The first kappa shape index (κ1) is 24.7. The predicted octanol–water partition coefficient (Wildman–Crippen LogP) is 3.84. The van der Waals surface area contributed by atoms with Crippen LogP contribution in [0, 0.1) is 0 Å². The molecule has 0 saturated heterocycles. The summed E-state index contributed by atoms with van der Waals surface area (Å²) in [5.41, 5.74) is 11.2. The smallest absolute Gasteiger partial charge is 0.270 e. The molecule has 11 heteroatoms. The summed E-state index contributed by atoms with van der Waals surface area (Å²) in [5, 5.41) is 5.24. The van der Waals surface area contributed by atoms with E-state index in [-0.39, 0.29) is 28.7 Å². The van der Waals surface area contributed by atoms with E-state index in [0.717, 1.165) is 11.5 Å². The van der Waals surface area contributed by atoms with E-state index >= 15 is 0 Å². The van der Waals surface area contributed by atoms with Crippen molar-refractivity contribution in [1.82, 2.24) is 14.6 Å². The van der Waals surface area contributed by atoms with Crippen molar-refractivity contribution in [3.8, 4) is 0 Å². The zero-order valence-corrected chi connectivity index (χ0v) is 20.7. The summed E-state index contributed by atoms with van der Waals surface area (Å²) >= 11 is 8.50. The molecule has 0 spiro atoms. The van der Waals surface area contributed by atoms with Gasteiger partial charge in [0.25, 0.3) is 11.8 Å². The number of amides is 3. The maximum absolute atomic E-state index is 13.8. The van der Waals surface area contributed by atoms with Crippen molar-refractivity contribution in [2.45, 2.75) is 38.9 Å². The van der Waals surface area contributed by atoms with Crippen molar-refractivity contribution in [3.05, 3.63) is 67.8 Å². The van der Waals surface area contributed by atoms with E-state index in [9.17, 15) is 14.4 Å². The van der Waals surface area contributed by atoms with Crippen LogP contribution in [-0.4, -0.2) is 32.5 Å². The molecule has 1 aromatic carbocycles. The average Bonchev–Trinajstić information content (AvgIpc) is 3.37. The summed E-state index contributed by atoms with van der Waals surface area (Å²) in [4.78, 5) is 40.9. The second kappa shape index (κ2) is 9.90. The van der Waals surface area contributed by atoms with Gasteiger partial charge in [-0.3, -0.25) is 14.4 Å². The SMILES string of the molecule is CC(C)(C)NC(=O)C(c1cccs1)N(Cc1ccccc1Cl)C(=O)c1snc(C(N)=O)c1N. The van der Waals surface area contributed by atoms with Crippen molar-refractivity contribution in [2.24, 2.45) is 5.73 Å². The van der Waals surface area contributed by atoms with Crippen molar-refractivity contribution < 1.29 is 14.4 Å². The Bertz CT molecular complexity index is 1170. The molecule has 0 saturated carbocycles. The molecule has 1 atom stereocenters. The third-order valence-corrected chi connectivity index (χ3v) is 6.73. The predicted molar refractivity (Wildman–Crippen MR) is 131 cm³/mol. The highest BCUT2D eigenvalue weighted by Gasteiger charge is 2.36. The summed E-state index contributed by atoms with van der Waals surface area (Å²) in [6.07, 6.45) is 0. The minimum atomic E-state index is -0.966. The van der Waals surface area contributed by atoms with Crippen LogP contribution < -0.4 is 16.8 Å². The Morgan fingerprint density at radius 3 is 2.42 bits per heavy atom. The van der Waals surface area contributed by atoms with Gasteiger partial charge in [-0.2, -0.15) is 4.37 Å². The Morgan fingerprint density at radius 1 is 1.18 bits per heavy atom. The van der Waals surface area contributed by atoms with E-state index in [1.807, 2.05) is 32.2 Å². The standard InChI is InChI=1S/C22H24ClN5O3S2/c1-22(2,3)26-20(30)17(14-9-6-10-32-14)28(11-12-7-4-5-8-13(12)23)21(31)18-15(24)16(19(25)29)27-33-18/h4-10,17H,11,24H2,1-3H3,(H2,25,29)(H,26,30). The fourth-order valence-electron chi connectivity index (χ4n) is 3.16. The molecule has 0 fully saturated rings. The topological polar surface area (TPSA) is 131 Å². The number of anilines is 1. The number of carbonyl (C=O) groups excluding carboxylic acids is 3. The van der Waals surface area contributed by atoms with Crippen LogP contribution in [0.15, 0.2) is 41.8 Å². The third kappa shape index (κ3) is 5.70. The summed E-state index contributed by atoms with van der Waals surface area (Å²) in [6.45, 7) is 5.60. The van der Waals surface area contributed by atoms with E-state index in [0.29, 0.717) is 15.5 Å². The molecule has 33 heavy (non-hydrogen) atoms. The maximum atomic E-state index is 13.8. The molecule has 5 N–H and O–H groups in total. The van der Waals surface area contributed by atoms with Gasteiger partial charge in [0.15, 0.2) is 5.69 Å². The molecule has 2 aromatic heterocycles. The number of halogens is 1. The van der Waals surface area contributed by atoms with Gasteiger partial charge < -0.3 is 21.7 Å². The number of nitrogens with two attached hydrogens (primary N) is 2. The number of nitrogens with one attached hydrogen (secondary N) is 1. The van der Waals surface area contributed by atoms with E-state index in [1.54, 1.807) is 30.3 Å². The van der Waals surface area contributed by atoms with Crippen LogP contribution in [0.3, 0.4) is 0 Å². The van der Waals surface area contributed by atoms with Gasteiger partial charge in [-0.25, -0.2) is 0 Å². The molecule has 0 aliphatic heterocycles. The van der Waals surface area contributed by atoms with Gasteiger partial charge in [-0.15, -0.1) is 11.3 Å². The van der Waals surface area contributed by atoms with Crippen LogP contribution >= 0.6 is 34.5 Å². The van der Waals surface area contributed by atoms with Crippen LogP contribution in [0.1, 0.15) is 57.4 Å². The summed E-state index contributed by atoms with van der Waals surface area (Å²) in [6, 6.07) is 9.69. The molecule has 1 unspecified atom stereocenters. The van der Waals surface area contributed by atoms with Crippen molar-refractivity contribution in [3.63, 3.8) is 0 Å².